The van der Waals surface area contributed by atoms with Gasteiger partial charge in [0.1, 0.15) is 6.04 Å². The van der Waals surface area contributed by atoms with Gasteiger partial charge in [-0.2, -0.15) is 0 Å². The molecule has 25 heavy (non-hydrogen) atoms. The number of carbonyl (C=O) groups excluding carboxylic acids is 1. The van der Waals surface area contributed by atoms with E-state index in [1.807, 2.05) is 23.1 Å². The summed E-state index contributed by atoms with van der Waals surface area (Å²) in [5, 5.41) is 0. The average molecular weight is 343 g/mol. The van der Waals surface area contributed by atoms with Crippen molar-refractivity contribution in [1.29, 1.82) is 0 Å². The van der Waals surface area contributed by atoms with Crippen molar-refractivity contribution < 1.29 is 9.21 Å². The minimum atomic E-state index is -0.552. The maximum Gasteiger partial charge on any atom is 0.420 e. The summed E-state index contributed by atoms with van der Waals surface area (Å²) in [4.78, 5) is 29.9. The number of oxazole rings is 1. The monoisotopic (exact) mass is 343 g/mol. The Morgan fingerprint density at radius 1 is 1.16 bits per heavy atom. The van der Waals surface area contributed by atoms with E-state index in [4.69, 9.17) is 4.42 Å². The summed E-state index contributed by atoms with van der Waals surface area (Å²) in [6, 6.07) is 7.43. The molecule has 6 heteroatoms. The Morgan fingerprint density at radius 3 is 2.64 bits per heavy atom. The molecule has 3 heterocycles. The first kappa shape index (κ1) is 16.4. The standard InChI is InChI=1S/C19H25N3O3/c1-13(22-16-7-3-4-10-17(16)25-19(22)24)18(23)21-12-6-9-15(21)14-8-5-11-20(14)2/h3-4,7,10,13-15H,5-6,8-9,11-12H2,1-2H3/t13-,14+,15-/m1/s1. The number of aromatic nitrogens is 1. The first-order valence-electron chi connectivity index (χ1n) is 9.18. The summed E-state index contributed by atoms with van der Waals surface area (Å²) in [5.41, 5.74) is 1.21. The lowest BCUT2D eigenvalue weighted by molar-refractivity contribution is -0.136. The van der Waals surface area contributed by atoms with Crippen LogP contribution in [0.3, 0.4) is 0 Å². The summed E-state index contributed by atoms with van der Waals surface area (Å²) >= 11 is 0. The number of para-hydroxylation sites is 2. The van der Waals surface area contributed by atoms with Crippen LogP contribution in [0.1, 0.15) is 38.6 Å². The third-order valence-corrected chi connectivity index (χ3v) is 5.87. The summed E-state index contributed by atoms with van der Waals surface area (Å²) in [6.07, 6.45) is 4.43. The van der Waals surface area contributed by atoms with Gasteiger partial charge in [0, 0.05) is 18.6 Å². The zero-order chi connectivity index (χ0) is 17.6. The van der Waals surface area contributed by atoms with Crippen molar-refractivity contribution in [3.05, 3.63) is 34.8 Å². The van der Waals surface area contributed by atoms with Crippen molar-refractivity contribution in [1.82, 2.24) is 14.4 Å². The lowest BCUT2D eigenvalue weighted by atomic mass is 10.0. The van der Waals surface area contributed by atoms with Crippen LogP contribution in [0.25, 0.3) is 11.1 Å². The van der Waals surface area contributed by atoms with E-state index in [9.17, 15) is 9.59 Å². The quantitative estimate of drug-likeness (QED) is 0.858. The predicted octanol–water partition coefficient (Wildman–Crippen LogP) is 2.24. The third-order valence-electron chi connectivity index (χ3n) is 5.87. The summed E-state index contributed by atoms with van der Waals surface area (Å²) in [6.45, 7) is 3.69. The highest BCUT2D eigenvalue weighted by Gasteiger charge is 2.40. The van der Waals surface area contributed by atoms with Crippen molar-refractivity contribution in [3.63, 3.8) is 0 Å². The number of nitrogens with zero attached hydrogens (tertiary/aromatic N) is 3. The lowest BCUT2D eigenvalue weighted by Gasteiger charge is -2.34. The number of likely N-dealkylation sites (tertiary alicyclic amines) is 2. The molecule has 0 unspecified atom stereocenters. The van der Waals surface area contributed by atoms with Gasteiger partial charge in [0.2, 0.25) is 5.91 Å². The van der Waals surface area contributed by atoms with Crippen molar-refractivity contribution in [2.75, 3.05) is 20.1 Å². The molecule has 1 amide bonds. The molecule has 134 valence electrons. The molecule has 2 aliphatic rings. The molecule has 1 aromatic heterocycles. The van der Waals surface area contributed by atoms with Gasteiger partial charge in [0.15, 0.2) is 5.58 Å². The second-order valence-electron chi connectivity index (χ2n) is 7.31. The zero-order valence-electron chi connectivity index (χ0n) is 14.9. The van der Waals surface area contributed by atoms with Gasteiger partial charge in [-0.3, -0.25) is 9.36 Å². The first-order valence-corrected chi connectivity index (χ1v) is 9.18. The van der Waals surface area contributed by atoms with Gasteiger partial charge in [-0.15, -0.1) is 0 Å². The van der Waals surface area contributed by atoms with E-state index in [-0.39, 0.29) is 11.9 Å². The second-order valence-corrected chi connectivity index (χ2v) is 7.31. The van der Waals surface area contributed by atoms with Gasteiger partial charge in [0.05, 0.1) is 5.52 Å². The number of rotatable bonds is 3. The van der Waals surface area contributed by atoms with E-state index in [2.05, 4.69) is 11.9 Å². The largest absolute Gasteiger partial charge is 0.420 e. The van der Waals surface area contributed by atoms with E-state index in [1.54, 1.807) is 13.0 Å². The highest BCUT2D eigenvalue weighted by molar-refractivity contribution is 5.83. The molecule has 0 radical (unpaired) electrons. The maximum atomic E-state index is 13.2. The molecule has 3 atom stereocenters. The molecular formula is C19H25N3O3. The summed E-state index contributed by atoms with van der Waals surface area (Å²) < 4.78 is 6.80. The van der Waals surface area contributed by atoms with Gasteiger partial charge in [-0.05, 0) is 58.3 Å². The van der Waals surface area contributed by atoms with Crippen LogP contribution in [-0.4, -0.2) is 52.5 Å². The Bertz CT molecular complexity index is 840. The number of likely N-dealkylation sites (N-methyl/N-ethyl adjacent to an activating group) is 1. The minimum absolute atomic E-state index is 0.0245. The van der Waals surface area contributed by atoms with Gasteiger partial charge in [-0.25, -0.2) is 4.79 Å². The molecule has 2 saturated heterocycles. The molecule has 4 rings (SSSR count). The smallest absolute Gasteiger partial charge is 0.408 e. The molecule has 6 nitrogen and oxygen atoms in total. The molecule has 2 aromatic rings. The lowest BCUT2D eigenvalue weighted by Crippen LogP contribution is -2.49. The van der Waals surface area contributed by atoms with Gasteiger partial charge >= 0.3 is 5.76 Å². The average Bonchev–Trinajstić information content (AvgIpc) is 3.30. The Morgan fingerprint density at radius 2 is 1.88 bits per heavy atom. The number of hydrogen-bond donors (Lipinski definition) is 0. The Kier molecular flexibility index (Phi) is 4.15. The summed E-state index contributed by atoms with van der Waals surface area (Å²) in [5.74, 6) is -0.438. The van der Waals surface area contributed by atoms with Crippen LogP contribution >= 0.6 is 0 Å². The van der Waals surface area contributed by atoms with Crippen LogP contribution in [-0.2, 0) is 4.79 Å². The Labute approximate surface area is 147 Å². The number of carbonyl (C=O) groups is 1. The van der Waals surface area contributed by atoms with E-state index in [1.165, 1.54) is 11.0 Å². The van der Waals surface area contributed by atoms with Crippen LogP contribution in [0.15, 0.2) is 33.5 Å². The van der Waals surface area contributed by atoms with Crippen molar-refractivity contribution >= 4 is 17.0 Å². The Hall–Kier alpha value is -2.08. The fraction of sp³-hybridized carbons (Fsp3) is 0.579. The topological polar surface area (TPSA) is 58.7 Å². The van der Waals surface area contributed by atoms with Crippen LogP contribution in [0, 0.1) is 0 Å². The molecule has 0 aliphatic carbocycles. The predicted molar refractivity (Wildman–Crippen MR) is 95.6 cm³/mol. The van der Waals surface area contributed by atoms with Crippen LogP contribution in [0.2, 0.25) is 0 Å². The number of hydrogen-bond acceptors (Lipinski definition) is 4. The molecule has 0 bridgehead atoms. The van der Waals surface area contributed by atoms with Gasteiger partial charge in [0.25, 0.3) is 0 Å². The molecule has 0 saturated carbocycles. The van der Waals surface area contributed by atoms with Crippen molar-refractivity contribution in [2.45, 2.75) is 50.7 Å². The Balaban J connectivity index is 1.63. The van der Waals surface area contributed by atoms with E-state index in [0.29, 0.717) is 17.1 Å². The number of fused-ring (bicyclic) bond motifs is 1. The van der Waals surface area contributed by atoms with Crippen LogP contribution in [0.5, 0.6) is 0 Å². The minimum Gasteiger partial charge on any atom is -0.408 e. The third kappa shape index (κ3) is 2.68. The number of amides is 1. The van der Waals surface area contributed by atoms with Crippen LogP contribution < -0.4 is 5.76 Å². The molecule has 0 N–H and O–H groups in total. The van der Waals surface area contributed by atoms with Gasteiger partial charge in [-0.1, -0.05) is 12.1 Å². The molecular weight excluding hydrogens is 318 g/mol. The van der Waals surface area contributed by atoms with Crippen molar-refractivity contribution in [3.8, 4) is 0 Å². The fourth-order valence-electron chi connectivity index (χ4n) is 4.59. The molecule has 2 fully saturated rings. The molecule has 1 aromatic carbocycles. The number of benzene rings is 1. The van der Waals surface area contributed by atoms with Crippen LogP contribution in [0.4, 0.5) is 0 Å². The zero-order valence-corrected chi connectivity index (χ0v) is 14.9. The SMILES string of the molecule is C[C@H](C(=O)N1CCC[C@@H]1[C@@H]1CCCN1C)n1c(=O)oc2ccccc21. The summed E-state index contributed by atoms with van der Waals surface area (Å²) in [7, 11) is 2.15. The fourth-order valence-corrected chi connectivity index (χ4v) is 4.59. The van der Waals surface area contributed by atoms with Crippen molar-refractivity contribution in [2.24, 2.45) is 0 Å². The van der Waals surface area contributed by atoms with E-state index < -0.39 is 11.8 Å². The highest BCUT2D eigenvalue weighted by atomic mass is 16.4. The molecule has 2 aliphatic heterocycles. The highest BCUT2D eigenvalue weighted by Crippen LogP contribution is 2.31. The maximum absolute atomic E-state index is 13.2. The van der Waals surface area contributed by atoms with Gasteiger partial charge < -0.3 is 14.2 Å². The van der Waals surface area contributed by atoms with E-state index >= 15 is 0 Å². The molecule has 0 spiro atoms. The normalized spacial score (nSPS) is 25.8. The second kappa shape index (κ2) is 6.33. The van der Waals surface area contributed by atoms with E-state index in [0.717, 1.165) is 32.4 Å². The first-order chi connectivity index (χ1) is 12.1.